The van der Waals surface area contributed by atoms with Gasteiger partial charge in [-0.15, -0.1) is 0 Å². The molecule has 39 heavy (non-hydrogen) atoms. The Hall–Kier alpha value is -4.67. The fraction of sp³-hybridized carbons (Fsp3) is 0.219. The van der Waals surface area contributed by atoms with Gasteiger partial charge in [0.25, 0.3) is 0 Å². The van der Waals surface area contributed by atoms with Crippen molar-refractivity contribution in [3.63, 3.8) is 0 Å². The van der Waals surface area contributed by atoms with E-state index in [0.29, 0.717) is 17.0 Å². The van der Waals surface area contributed by atoms with Gasteiger partial charge in [0.15, 0.2) is 0 Å². The van der Waals surface area contributed by atoms with Crippen LogP contribution in [0.5, 0.6) is 5.75 Å². The monoisotopic (exact) mass is 517 g/mol. The summed E-state index contributed by atoms with van der Waals surface area (Å²) in [6.07, 6.45) is 2.16. The molecule has 1 aliphatic heterocycles. The van der Waals surface area contributed by atoms with Crippen LogP contribution in [-0.4, -0.2) is 42.2 Å². The smallest absolute Gasteiger partial charge is 0.410 e. The van der Waals surface area contributed by atoms with Crippen molar-refractivity contribution < 1.29 is 9.53 Å². The number of carbonyl (C=O) groups is 1. The predicted molar refractivity (Wildman–Crippen MR) is 154 cm³/mol. The van der Waals surface area contributed by atoms with Crippen molar-refractivity contribution in [1.29, 1.82) is 5.26 Å². The fourth-order valence-electron chi connectivity index (χ4n) is 4.80. The van der Waals surface area contributed by atoms with Gasteiger partial charge >= 0.3 is 6.09 Å². The van der Waals surface area contributed by atoms with Crippen molar-refractivity contribution in [2.24, 2.45) is 0 Å². The average molecular weight is 518 g/mol. The molecule has 0 atom stereocenters. The van der Waals surface area contributed by atoms with Gasteiger partial charge in [-0.2, -0.15) is 5.26 Å². The lowest BCUT2D eigenvalue weighted by atomic mass is 9.99. The minimum atomic E-state index is -0.578. The molecule has 0 radical (unpaired) electrons. The van der Waals surface area contributed by atoms with E-state index >= 15 is 0 Å². The van der Waals surface area contributed by atoms with E-state index in [-0.39, 0.29) is 0 Å². The zero-order valence-electron chi connectivity index (χ0n) is 22.0. The molecule has 0 spiro atoms. The van der Waals surface area contributed by atoms with Gasteiger partial charge in [0.1, 0.15) is 11.6 Å². The molecule has 1 aliphatic rings. The largest absolute Gasteiger partial charge is 0.417 e. The standard InChI is InChI=1S/C32H31N5O2/c1-24-8-14-29(20-30(24)27-11-9-25(21-33)10-12-27)39-32(38)35-28-13-15-31(34-22-28)37-17-5-16-36(18-19-37)23-26-6-3-2-4-7-26/h2-4,6-15,20,22H,5,16-19,23H2,1H3,(H,35,38). The molecule has 5 rings (SSSR count). The van der Waals surface area contributed by atoms with Crippen molar-refractivity contribution in [1.82, 2.24) is 9.88 Å². The highest BCUT2D eigenvalue weighted by molar-refractivity contribution is 5.86. The lowest BCUT2D eigenvalue weighted by Crippen LogP contribution is -2.31. The maximum atomic E-state index is 12.6. The third-order valence-corrected chi connectivity index (χ3v) is 6.90. The highest BCUT2D eigenvalue weighted by Crippen LogP contribution is 2.28. The van der Waals surface area contributed by atoms with Crippen molar-refractivity contribution in [2.45, 2.75) is 19.9 Å². The number of aryl methyl sites for hydroxylation is 1. The van der Waals surface area contributed by atoms with Crippen LogP contribution in [0.4, 0.5) is 16.3 Å². The van der Waals surface area contributed by atoms with E-state index in [9.17, 15) is 4.79 Å². The molecule has 1 saturated heterocycles. The van der Waals surface area contributed by atoms with E-state index in [1.165, 1.54) is 5.56 Å². The summed E-state index contributed by atoms with van der Waals surface area (Å²) in [5.74, 6) is 1.34. The number of hydrogen-bond donors (Lipinski definition) is 1. The van der Waals surface area contributed by atoms with Gasteiger partial charge in [-0.05, 0) is 72.0 Å². The molecular weight excluding hydrogens is 486 g/mol. The van der Waals surface area contributed by atoms with E-state index in [1.807, 2.05) is 43.3 Å². The second kappa shape index (κ2) is 12.2. The number of nitriles is 1. The quantitative estimate of drug-likeness (QED) is 0.326. The van der Waals surface area contributed by atoms with Gasteiger partial charge in [-0.1, -0.05) is 48.5 Å². The first kappa shape index (κ1) is 26.0. The number of nitrogens with one attached hydrogen (secondary N) is 1. The van der Waals surface area contributed by atoms with E-state index in [0.717, 1.165) is 61.7 Å². The van der Waals surface area contributed by atoms with Crippen molar-refractivity contribution in [3.05, 3.63) is 108 Å². The Morgan fingerprint density at radius 1 is 0.974 bits per heavy atom. The number of carbonyl (C=O) groups excluding carboxylic acids is 1. The average Bonchev–Trinajstić information content (AvgIpc) is 3.20. The van der Waals surface area contributed by atoms with Gasteiger partial charge in [-0.25, -0.2) is 9.78 Å². The summed E-state index contributed by atoms with van der Waals surface area (Å²) >= 11 is 0. The fourth-order valence-corrected chi connectivity index (χ4v) is 4.80. The van der Waals surface area contributed by atoms with Crippen LogP contribution in [0.25, 0.3) is 11.1 Å². The molecule has 4 aromatic rings. The molecule has 0 unspecified atom stereocenters. The molecular formula is C32H31N5O2. The topological polar surface area (TPSA) is 81.5 Å². The van der Waals surface area contributed by atoms with Crippen LogP contribution < -0.4 is 15.0 Å². The van der Waals surface area contributed by atoms with Crippen molar-refractivity contribution in [2.75, 3.05) is 36.4 Å². The third kappa shape index (κ3) is 6.81. The first-order chi connectivity index (χ1) is 19.1. The lowest BCUT2D eigenvalue weighted by Gasteiger charge is -2.23. The zero-order valence-corrected chi connectivity index (χ0v) is 22.0. The minimum Gasteiger partial charge on any atom is -0.410 e. The summed E-state index contributed by atoms with van der Waals surface area (Å²) < 4.78 is 5.56. The summed E-state index contributed by atoms with van der Waals surface area (Å²) in [6.45, 7) is 6.84. The second-order valence-electron chi connectivity index (χ2n) is 9.69. The van der Waals surface area contributed by atoms with E-state index in [4.69, 9.17) is 10.00 Å². The molecule has 7 nitrogen and oxygen atoms in total. The highest BCUT2D eigenvalue weighted by atomic mass is 16.6. The van der Waals surface area contributed by atoms with Crippen molar-refractivity contribution >= 4 is 17.6 Å². The molecule has 1 amide bonds. The number of benzene rings is 3. The van der Waals surface area contributed by atoms with Gasteiger partial charge in [0, 0.05) is 32.7 Å². The van der Waals surface area contributed by atoms with Crippen LogP contribution >= 0.6 is 0 Å². The van der Waals surface area contributed by atoms with Crippen LogP contribution in [0.2, 0.25) is 0 Å². The number of ether oxygens (including phenoxy) is 1. The Morgan fingerprint density at radius 3 is 2.54 bits per heavy atom. The van der Waals surface area contributed by atoms with Gasteiger partial charge in [0.05, 0.1) is 23.5 Å². The zero-order chi connectivity index (χ0) is 27.0. The van der Waals surface area contributed by atoms with Crippen molar-refractivity contribution in [3.8, 4) is 22.9 Å². The number of aromatic nitrogens is 1. The van der Waals surface area contributed by atoms with Gasteiger partial charge < -0.3 is 9.64 Å². The Balaban J connectivity index is 1.16. The normalized spacial score (nSPS) is 13.8. The Bertz CT molecular complexity index is 1450. The minimum absolute atomic E-state index is 0.437. The summed E-state index contributed by atoms with van der Waals surface area (Å²) in [7, 11) is 0. The van der Waals surface area contributed by atoms with Crippen LogP contribution in [-0.2, 0) is 6.54 Å². The third-order valence-electron chi connectivity index (χ3n) is 6.90. The number of amides is 1. The maximum absolute atomic E-state index is 12.6. The first-order valence-corrected chi connectivity index (χ1v) is 13.1. The van der Waals surface area contributed by atoms with Gasteiger partial charge in [-0.3, -0.25) is 10.2 Å². The van der Waals surface area contributed by atoms with Crippen LogP contribution in [0.15, 0.2) is 91.1 Å². The number of nitrogens with zero attached hydrogens (tertiary/aromatic N) is 4. The van der Waals surface area contributed by atoms with Crippen LogP contribution in [0, 0.1) is 18.3 Å². The Labute approximate surface area is 229 Å². The number of rotatable bonds is 6. The summed E-state index contributed by atoms with van der Waals surface area (Å²) in [4.78, 5) is 22.0. The van der Waals surface area contributed by atoms with Gasteiger partial charge in [0.2, 0.25) is 0 Å². The molecule has 1 fully saturated rings. The first-order valence-electron chi connectivity index (χ1n) is 13.1. The molecule has 0 aliphatic carbocycles. The molecule has 0 saturated carbocycles. The Morgan fingerprint density at radius 2 is 1.79 bits per heavy atom. The van der Waals surface area contributed by atoms with E-state index in [2.05, 4.69) is 56.5 Å². The number of pyridine rings is 1. The predicted octanol–water partition coefficient (Wildman–Crippen LogP) is 6.25. The molecule has 196 valence electrons. The number of anilines is 2. The summed E-state index contributed by atoms with van der Waals surface area (Å²) in [6, 6.07) is 29.3. The van der Waals surface area contributed by atoms with Crippen LogP contribution in [0.1, 0.15) is 23.1 Å². The molecule has 0 bridgehead atoms. The molecule has 1 N–H and O–H groups in total. The molecule has 7 heteroatoms. The summed E-state index contributed by atoms with van der Waals surface area (Å²) in [5, 5.41) is 11.8. The maximum Gasteiger partial charge on any atom is 0.417 e. The SMILES string of the molecule is Cc1ccc(OC(=O)Nc2ccc(N3CCCN(Cc4ccccc4)CC3)nc2)cc1-c1ccc(C#N)cc1. The molecule has 2 heterocycles. The Kier molecular flexibility index (Phi) is 8.15. The highest BCUT2D eigenvalue weighted by Gasteiger charge is 2.17. The molecule has 1 aromatic heterocycles. The number of hydrogen-bond acceptors (Lipinski definition) is 6. The second-order valence-corrected chi connectivity index (χ2v) is 9.69. The van der Waals surface area contributed by atoms with Crippen LogP contribution in [0.3, 0.4) is 0 Å². The van der Waals surface area contributed by atoms with E-state index < -0.39 is 6.09 Å². The van der Waals surface area contributed by atoms with E-state index in [1.54, 1.807) is 24.4 Å². The molecule has 3 aromatic carbocycles. The summed E-state index contributed by atoms with van der Waals surface area (Å²) in [5.41, 5.74) is 5.45. The lowest BCUT2D eigenvalue weighted by molar-refractivity contribution is 0.215.